The Hall–Kier alpha value is -2.69. The molecule has 0 aromatic heterocycles. The molecule has 4 atom stereocenters. The predicted octanol–water partition coefficient (Wildman–Crippen LogP) is 4.00. The Labute approximate surface area is 164 Å². The van der Waals surface area contributed by atoms with E-state index in [0.717, 1.165) is 17.5 Å². The van der Waals surface area contributed by atoms with E-state index in [0.29, 0.717) is 12.3 Å². The molecule has 0 unspecified atom stereocenters. The van der Waals surface area contributed by atoms with Gasteiger partial charge in [-0.25, -0.2) is 4.39 Å². The highest BCUT2D eigenvalue weighted by molar-refractivity contribution is 5.93. The second-order valence-electron chi connectivity index (χ2n) is 8.21. The summed E-state index contributed by atoms with van der Waals surface area (Å²) in [5.41, 5.74) is 1.89. The van der Waals surface area contributed by atoms with Crippen LogP contribution in [0.2, 0.25) is 0 Å². The molecule has 0 radical (unpaired) electrons. The third-order valence-corrected chi connectivity index (χ3v) is 5.67. The number of benzene rings is 2. The van der Waals surface area contributed by atoms with Crippen molar-refractivity contribution in [2.24, 2.45) is 11.8 Å². The Balaban J connectivity index is 1.60. The molecule has 5 heteroatoms. The molecule has 0 bridgehead atoms. The van der Waals surface area contributed by atoms with E-state index in [4.69, 9.17) is 0 Å². The first-order chi connectivity index (χ1) is 13.5. The van der Waals surface area contributed by atoms with Crippen molar-refractivity contribution in [1.29, 1.82) is 0 Å². The highest BCUT2D eigenvalue weighted by atomic mass is 19.1. The van der Waals surface area contributed by atoms with Crippen LogP contribution in [0.1, 0.15) is 49.9 Å². The molecule has 2 amide bonds. The van der Waals surface area contributed by atoms with Gasteiger partial charge in [-0.2, -0.15) is 0 Å². The maximum Gasteiger partial charge on any atom is 0.244 e. The number of hydrogen-bond donors (Lipinski definition) is 1. The number of carbonyl (C=O) groups excluding carboxylic acids is 2. The molecule has 4 rings (SSSR count). The van der Waals surface area contributed by atoms with Crippen LogP contribution in [0.3, 0.4) is 0 Å². The molecule has 4 nitrogen and oxygen atoms in total. The molecule has 1 N–H and O–H groups in total. The summed E-state index contributed by atoms with van der Waals surface area (Å²) < 4.78 is 13.2. The van der Waals surface area contributed by atoms with Gasteiger partial charge in [0.1, 0.15) is 18.0 Å². The number of nitrogens with zero attached hydrogens (tertiary/aromatic N) is 1. The predicted molar refractivity (Wildman–Crippen MR) is 105 cm³/mol. The summed E-state index contributed by atoms with van der Waals surface area (Å²) in [6, 6.07) is 15.5. The lowest BCUT2D eigenvalue weighted by molar-refractivity contribution is -0.138. The van der Waals surface area contributed by atoms with Gasteiger partial charge >= 0.3 is 0 Å². The van der Waals surface area contributed by atoms with E-state index in [2.05, 4.69) is 19.2 Å². The van der Waals surface area contributed by atoms with Crippen LogP contribution in [0.15, 0.2) is 54.6 Å². The van der Waals surface area contributed by atoms with Crippen LogP contribution in [0.4, 0.5) is 4.39 Å². The Morgan fingerprint density at radius 2 is 1.79 bits per heavy atom. The fraction of sp³-hybridized carbons (Fsp3) is 0.391. The third-order valence-electron chi connectivity index (χ3n) is 5.67. The average Bonchev–Trinajstić information content (AvgIpc) is 3.42. The Kier molecular flexibility index (Phi) is 4.92. The van der Waals surface area contributed by atoms with Crippen LogP contribution in [-0.4, -0.2) is 22.8 Å². The van der Waals surface area contributed by atoms with Crippen molar-refractivity contribution in [2.45, 2.75) is 44.8 Å². The molecule has 1 saturated carbocycles. The van der Waals surface area contributed by atoms with Gasteiger partial charge in [-0.3, -0.25) is 9.59 Å². The molecule has 2 aromatic carbocycles. The number of hydrogen-bond acceptors (Lipinski definition) is 2. The highest BCUT2D eigenvalue weighted by Gasteiger charge is 2.52. The molecule has 146 valence electrons. The van der Waals surface area contributed by atoms with Gasteiger partial charge in [0.05, 0.1) is 0 Å². The van der Waals surface area contributed by atoms with Gasteiger partial charge in [0.2, 0.25) is 11.8 Å². The first kappa shape index (κ1) is 18.7. The van der Waals surface area contributed by atoms with Crippen molar-refractivity contribution >= 4 is 11.8 Å². The monoisotopic (exact) mass is 380 g/mol. The molecule has 1 saturated heterocycles. The zero-order valence-corrected chi connectivity index (χ0v) is 16.1. The van der Waals surface area contributed by atoms with E-state index < -0.39 is 12.2 Å². The summed E-state index contributed by atoms with van der Waals surface area (Å²) in [6.45, 7) is 4.12. The average molecular weight is 380 g/mol. The Bertz CT molecular complexity index is 866. The summed E-state index contributed by atoms with van der Waals surface area (Å²) in [6.07, 6.45) is 0.944. The first-order valence-corrected chi connectivity index (χ1v) is 9.88. The fourth-order valence-electron chi connectivity index (χ4n) is 4.17. The van der Waals surface area contributed by atoms with E-state index in [1.54, 1.807) is 17.0 Å². The number of nitrogens with one attached hydrogen (secondary N) is 1. The van der Waals surface area contributed by atoms with Gasteiger partial charge in [-0.15, -0.1) is 0 Å². The summed E-state index contributed by atoms with van der Waals surface area (Å²) >= 11 is 0. The van der Waals surface area contributed by atoms with Crippen molar-refractivity contribution in [3.05, 3.63) is 71.5 Å². The van der Waals surface area contributed by atoms with E-state index in [9.17, 15) is 14.0 Å². The Morgan fingerprint density at radius 3 is 2.43 bits per heavy atom. The second-order valence-corrected chi connectivity index (χ2v) is 8.21. The minimum Gasteiger partial charge on any atom is -0.330 e. The standard InChI is InChI=1S/C23H25FN2O2/c1-14(2)12-20-22(27)25-21(16-6-4-3-5-7-16)26(20)23(28)19-13-18(19)15-8-10-17(24)11-9-15/h3-11,14,18-21H,12-13H2,1-2H3,(H,25,27)/t18-,19+,20+,21+/m1/s1. The summed E-state index contributed by atoms with van der Waals surface area (Å²) in [5, 5.41) is 3.02. The maximum absolute atomic E-state index is 13.4. The van der Waals surface area contributed by atoms with Gasteiger partial charge in [0, 0.05) is 5.92 Å². The molecule has 1 aliphatic heterocycles. The minimum absolute atomic E-state index is 0.00665. The first-order valence-electron chi connectivity index (χ1n) is 9.88. The lowest BCUT2D eigenvalue weighted by Gasteiger charge is -2.29. The molecule has 2 aromatic rings. The molecule has 1 heterocycles. The van der Waals surface area contributed by atoms with Crippen LogP contribution >= 0.6 is 0 Å². The number of rotatable bonds is 5. The van der Waals surface area contributed by atoms with E-state index in [1.807, 2.05) is 30.3 Å². The third kappa shape index (κ3) is 3.53. The molecular formula is C23H25FN2O2. The smallest absolute Gasteiger partial charge is 0.244 e. The van der Waals surface area contributed by atoms with Crippen LogP contribution in [-0.2, 0) is 9.59 Å². The van der Waals surface area contributed by atoms with Crippen molar-refractivity contribution in [3.8, 4) is 0 Å². The topological polar surface area (TPSA) is 49.4 Å². The SMILES string of the molecule is CC(C)C[C@H]1C(=O)N[C@H](c2ccccc2)N1C(=O)[C@H]1C[C@@H]1c1ccc(F)cc1. The number of carbonyl (C=O) groups is 2. The van der Waals surface area contributed by atoms with Crippen molar-refractivity contribution < 1.29 is 14.0 Å². The van der Waals surface area contributed by atoms with E-state index >= 15 is 0 Å². The summed E-state index contributed by atoms with van der Waals surface area (Å²) in [4.78, 5) is 27.9. The van der Waals surface area contributed by atoms with E-state index in [1.165, 1.54) is 12.1 Å². The quantitative estimate of drug-likeness (QED) is 0.852. The minimum atomic E-state index is -0.452. The largest absolute Gasteiger partial charge is 0.330 e. The van der Waals surface area contributed by atoms with Gasteiger partial charge < -0.3 is 10.2 Å². The van der Waals surface area contributed by atoms with Crippen LogP contribution in [0, 0.1) is 17.7 Å². The number of amides is 2. The molecular weight excluding hydrogens is 355 g/mol. The number of halogens is 1. The van der Waals surface area contributed by atoms with Crippen LogP contribution in [0.25, 0.3) is 0 Å². The van der Waals surface area contributed by atoms with Crippen molar-refractivity contribution in [3.63, 3.8) is 0 Å². The highest BCUT2D eigenvalue weighted by Crippen LogP contribution is 2.50. The van der Waals surface area contributed by atoms with Gasteiger partial charge in [0.25, 0.3) is 0 Å². The lowest BCUT2D eigenvalue weighted by Crippen LogP contribution is -2.41. The van der Waals surface area contributed by atoms with Gasteiger partial charge in [0.15, 0.2) is 0 Å². The zero-order valence-electron chi connectivity index (χ0n) is 16.1. The van der Waals surface area contributed by atoms with Gasteiger partial charge in [-0.05, 0) is 47.9 Å². The summed E-state index contributed by atoms with van der Waals surface area (Å²) in [5.74, 6) is -0.114. The van der Waals surface area contributed by atoms with Crippen LogP contribution < -0.4 is 5.32 Å². The molecule has 1 aliphatic carbocycles. The summed E-state index contributed by atoms with van der Waals surface area (Å²) in [7, 11) is 0. The van der Waals surface area contributed by atoms with Crippen molar-refractivity contribution in [1.82, 2.24) is 10.2 Å². The Morgan fingerprint density at radius 1 is 1.11 bits per heavy atom. The molecule has 28 heavy (non-hydrogen) atoms. The molecule has 2 fully saturated rings. The molecule has 2 aliphatic rings. The normalized spacial score (nSPS) is 26.4. The van der Waals surface area contributed by atoms with Crippen molar-refractivity contribution in [2.75, 3.05) is 0 Å². The fourth-order valence-corrected chi connectivity index (χ4v) is 4.17. The van der Waals surface area contributed by atoms with Gasteiger partial charge in [-0.1, -0.05) is 56.3 Å². The maximum atomic E-state index is 13.4. The zero-order chi connectivity index (χ0) is 19.8. The van der Waals surface area contributed by atoms with Crippen LogP contribution in [0.5, 0.6) is 0 Å². The van der Waals surface area contributed by atoms with E-state index in [-0.39, 0.29) is 29.5 Å². The lowest BCUT2D eigenvalue weighted by atomic mass is 10.0. The second kappa shape index (κ2) is 7.38. The molecule has 0 spiro atoms.